The third-order valence-corrected chi connectivity index (χ3v) is 8.87. The Hall–Kier alpha value is -4.17. The Morgan fingerprint density at radius 1 is 1.15 bits per heavy atom. The van der Waals surface area contributed by atoms with Crippen LogP contribution in [0.4, 0.5) is 5.82 Å². The number of hydrogen-bond donors (Lipinski definition) is 4. The first kappa shape index (κ1) is 33.2. The zero-order valence-corrected chi connectivity index (χ0v) is 26.4. The molecule has 0 spiro atoms. The molecule has 3 heterocycles. The molecule has 1 unspecified atom stereocenters. The zero-order chi connectivity index (χ0) is 32.9. The molecule has 2 aromatic carbocycles. The minimum absolute atomic E-state index is 0.113. The third kappa shape index (κ3) is 7.12. The summed E-state index contributed by atoms with van der Waals surface area (Å²) in [6.45, 7) is 2.89. The van der Waals surface area contributed by atoms with E-state index in [1.807, 2.05) is 30.3 Å². The Morgan fingerprint density at radius 3 is 2.52 bits per heavy atom. The number of nitrogens with zero attached hydrogens (tertiary/aromatic N) is 4. The number of benzene rings is 2. The molecule has 0 radical (unpaired) electrons. The number of ether oxygens (including phenoxy) is 2. The molecule has 5 N–H and O–H groups in total. The van der Waals surface area contributed by atoms with Crippen LogP contribution < -0.4 is 15.3 Å². The molecule has 5 rings (SSSR count). The highest BCUT2D eigenvalue weighted by Gasteiger charge is 2.56. The first-order chi connectivity index (χ1) is 22.0. The summed E-state index contributed by atoms with van der Waals surface area (Å²) in [6, 6.07) is 19.6. The smallest absolute Gasteiger partial charge is 0.459 e. The van der Waals surface area contributed by atoms with Crippen LogP contribution in [0.2, 0.25) is 0 Å². The summed E-state index contributed by atoms with van der Waals surface area (Å²) in [4.78, 5) is 21.3. The van der Waals surface area contributed by atoms with E-state index in [1.54, 1.807) is 56.3 Å². The summed E-state index contributed by atoms with van der Waals surface area (Å²) in [5, 5.41) is 29.5. The summed E-state index contributed by atoms with van der Waals surface area (Å²) in [5.74, 6) is -0.262. The van der Waals surface area contributed by atoms with E-state index in [0.717, 1.165) is 5.56 Å². The van der Waals surface area contributed by atoms with E-state index in [9.17, 15) is 19.6 Å². The second-order valence-corrected chi connectivity index (χ2v) is 12.7. The summed E-state index contributed by atoms with van der Waals surface area (Å²) >= 11 is 0. The predicted octanol–water partition coefficient (Wildman–Crippen LogP) is 2.68. The Balaban J connectivity index is 1.44. The van der Waals surface area contributed by atoms with Crippen LogP contribution in [-0.2, 0) is 35.4 Å². The van der Waals surface area contributed by atoms with Crippen molar-refractivity contribution in [3.8, 4) is 5.75 Å². The van der Waals surface area contributed by atoms with Crippen molar-refractivity contribution in [2.75, 3.05) is 19.4 Å². The Labute approximate surface area is 265 Å². The molecule has 4 aromatic rings. The Kier molecular flexibility index (Phi) is 10.2. The van der Waals surface area contributed by atoms with Gasteiger partial charge in [-0.3, -0.25) is 14.3 Å². The summed E-state index contributed by atoms with van der Waals surface area (Å²) in [6.07, 6.45) is -2.04. The quantitative estimate of drug-likeness (QED) is 0.0939. The molecule has 1 fully saturated rings. The summed E-state index contributed by atoms with van der Waals surface area (Å²) < 4.78 is 39.3. The molecule has 2 aromatic heterocycles. The van der Waals surface area contributed by atoms with Crippen LogP contribution in [0.5, 0.6) is 5.75 Å². The molecule has 244 valence electrons. The van der Waals surface area contributed by atoms with Crippen molar-refractivity contribution >= 4 is 31.3 Å². The molecule has 0 bridgehead atoms. The molecule has 0 aliphatic carbocycles. The number of para-hydroxylation sites is 1. The number of aliphatic hydroxyl groups excluding tert-OH is 2. The highest BCUT2D eigenvalue weighted by atomic mass is 31.2. The van der Waals surface area contributed by atoms with Crippen LogP contribution in [0.25, 0.3) is 5.52 Å². The van der Waals surface area contributed by atoms with E-state index < -0.39 is 56.4 Å². The van der Waals surface area contributed by atoms with Gasteiger partial charge in [0.25, 0.3) is 0 Å². The number of carbonyl (C=O) groups is 1. The number of nitrogen functional groups attached to an aromatic ring is 1. The highest BCUT2D eigenvalue weighted by Crippen LogP contribution is 2.47. The average molecular weight is 653 g/mol. The lowest BCUT2D eigenvalue weighted by atomic mass is 9.92. The zero-order valence-electron chi connectivity index (χ0n) is 25.5. The van der Waals surface area contributed by atoms with E-state index in [2.05, 4.69) is 20.2 Å². The van der Waals surface area contributed by atoms with Crippen molar-refractivity contribution in [3.05, 3.63) is 90.4 Å². The lowest BCUT2D eigenvalue weighted by Crippen LogP contribution is -2.43. The average Bonchev–Trinajstić information content (AvgIpc) is 3.57. The monoisotopic (exact) mass is 652 g/mol. The van der Waals surface area contributed by atoms with Gasteiger partial charge in [-0.15, -0.1) is 0 Å². The minimum Gasteiger partial charge on any atom is -0.462 e. The first-order valence-corrected chi connectivity index (χ1v) is 16.2. The largest absolute Gasteiger partial charge is 0.462 e. The molecule has 14 nitrogen and oxygen atoms in total. The predicted molar refractivity (Wildman–Crippen MR) is 169 cm³/mol. The van der Waals surface area contributed by atoms with Gasteiger partial charge in [0.05, 0.1) is 18.4 Å². The second kappa shape index (κ2) is 14.1. The molecule has 1 saturated heterocycles. The first-order valence-electron chi connectivity index (χ1n) is 14.6. The summed E-state index contributed by atoms with van der Waals surface area (Å²) in [5.41, 5.74) is 5.86. The maximum atomic E-state index is 14.4. The van der Waals surface area contributed by atoms with Crippen LogP contribution in [0.1, 0.15) is 25.1 Å². The van der Waals surface area contributed by atoms with Gasteiger partial charge >= 0.3 is 13.7 Å². The van der Waals surface area contributed by atoms with Gasteiger partial charge in [-0.1, -0.05) is 48.5 Å². The van der Waals surface area contributed by atoms with Crippen molar-refractivity contribution in [1.29, 1.82) is 0 Å². The topological polar surface area (TPSA) is 192 Å². The number of carbonyl (C=O) groups excluding carboxylic acids is 1. The number of anilines is 1. The molecule has 0 saturated carbocycles. The fourth-order valence-electron chi connectivity index (χ4n) is 5.22. The second-order valence-electron chi connectivity index (χ2n) is 11.0. The number of aliphatic imine (C=N–C) groups is 1. The number of aromatic nitrogens is 3. The lowest BCUT2D eigenvalue weighted by Gasteiger charge is -2.28. The van der Waals surface area contributed by atoms with E-state index in [0.29, 0.717) is 11.2 Å². The number of esters is 1. The van der Waals surface area contributed by atoms with Crippen LogP contribution >= 0.6 is 7.75 Å². The fourth-order valence-corrected chi connectivity index (χ4v) is 6.72. The standard InChI is InChI=1S/C31H37N6O8P/c1-20(2)43-30(40)23(16-21-10-6-4-7-11-21)36-46(41,45-22-12-8-5-9-13-22)42-17-25-27(38)28(39)31(44-25,18-33-3)26-15-14-24-29(32)34-19-35-37(24)26/h4-15,18-20,23,25,27-28,38-39H,16-17H2,1-3H3,(H,36,41)(H2,32,34,35)/t23-,25+,27+,28+,31-,46?/m0/s1. The van der Waals surface area contributed by atoms with Gasteiger partial charge in [0.15, 0.2) is 11.4 Å². The van der Waals surface area contributed by atoms with Crippen molar-refractivity contribution in [3.63, 3.8) is 0 Å². The molecule has 46 heavy (non-hydrogen) atoms. The maximum Gasteiger partial charge on any atom is 0.459 e. The Bertz CT molecular complexity index is 1710. The van der Waals surface area contributed by atoms with Crippen molar-refractivity contribution in [1.82, 2.24) is 19.7 Å². The lowest BCUT2D eigenvalue weighted by molar-refractivity contribution is -0.149. The van der Waals surface area contributed by atoms with Gasteiger partial charge in [0.2, 0.25) is 0 Å². The normalized spacial score (nSPS) is 23.5. The molecular formula is C31H37N6O8P. The van der Waals surface area contributed by atoms with Crippen molar-refractivity contribution < 1.29 is 38.1 Å². The van der Waals surface area contributed by atoms with Crippen molar-refractivity contribution in [2.24, 2.45) is 4.99 Å². The number of nitrogens with one attached hydrogen (secondary N) is 1. The molecule has 0 amide bonds. The van der Waals surface area contributed by atoms with Gasteiger partial charge in [0, 0.05) is 13.3 Å². The van der Waals surface area contributed by atoms with Crippen LogP contribution in [-0.4, -0.2) is 81.1 Å². The van der Waals surface area contributed by atoms with Gasteiger partial charge in [-0.2, -0.15) is 10.2 Å². The minimum atomic E-state index is -4.39. The molecule has 15 heteroatoms. The van der Waals surface area contributed by atoms with Gasteiger partial charge in [0.1, 0.15) is 41.9 Å². The van der Waals surface area contributed by atoms with Crippen LogP contribution in [0.15, 0.2) is 84.1 Å². The van der Waals surface area contributed by atoms with Crippen LogP contribution in [0.3, 0.4) is 0 Å². The summed E-state index contributed by atoms with van der Waals surface area (Å²) in [7, 11) is -2.90. The number of fused-ring (bicyclic) bond motifs is 1. The van der Waals surface area contributed by atoms with E-state index >= 15 is 0 Å². The van der Waals surface area contributed by atoms with Gasteiger partial charge in [-0.25, -0.2) is 14.1 Å². The fraction of sp³-hybridized carbons (Fsp3) is 0.355. The van der Waals surface area contributed by atoms with Crippen LogP contribution in [0, 0.1) is 0 Å². The molecule has 6 atom stereocenters. The molecule has 1 aliphatic rings. The van der Waals surface area contributed by atoms with E-state index in [1.165, 1.54) is 24.1 Å². The molecule has 1 aliphatic heterocycles. The van der Waals surface area contributed by atoms with Gasteiger partial charge in [-0.05, 0) is 50.1 Å². The highest BCUT2D eigenvalue weighted by molar-refractivity contribution is 7.52. The number of nitrogens with two attached hydrogens (primary N) is 1. The number of aliphatic hydroxyl groups is 2. The SMILES string of the molecule is CN=C[C@@]1(c2ccc3c(N)ncnn23)O[C@H](COP(=O)(N[C@@H](Cc2ccccc2)C(=O)OC(C)C)Oc2ccccc2)[C@@H](O)[C@H]1O. The van der Waals surface area contributed by atoms with E-state index in [4.69, 9.17) is 24.3 Å². The van der Waals surface area contributed by atoms with Crippen molar-refractivity contribution in [2.45, 2.75) is 56.3 Å². The number of rotatable bonds is 13. The maximum absolute atomic E-state index is 14.4. The third-order valence-electron chi connectivity index (χ3n) is 7.30. The molecular weight excluding hydrogens is 615 g/mol. The Morgan fingerprint density at radius 2 is 1.85 bits per heavy atom. The number of hydrogen-bond acceptors (Lipinski definition) is 12. The van der Waals surface area contributed by atoms with E-state index in [-0.39, 0.29) is 18.0 Å². The van der Waals surface area contributed by atoms with Gasteiger partial charge < -0.3 is 29.9 Å².